The summed E-state index contributed by atoms with van der Waals surface area (Å²) < 4.78 is 6.06. The van der Waals surface area contributed by atoms with Crippen LogP contribution in [0.15, 0.2) is 24.3 Å². The second-order valence-corrected chi connectivity index (χ2v) is 6.63. The molecule has 0 bridgehead atoms. The van der Waals surface area contributed by atoms with Crippen LogP contribution in [0.4, 0.5) is 0 Å². The standard InChI is InChI=1S/C17H28ClNO/c1-5-6-9-12-20-16(13-19-17(2,3)4)14-10-7-8-11-15(14)18/h7-8,10-11,16,19H,5-6,9,12-13H2,1-4H3. The van der Waals surface area contributed by atoms with Gasteiger partial charge in [0.25, 0.3) is 0 Å². The largest absolute Gasteiger partial charge is 0.372 e. The highest BCUT2D eigenvalue weighted by Gasteiger charge is 2.18. The van der Waals surface area contributed by atoms with Gasteiger partial charge in [-0.05, 0) is 33.3 Å². The zero-order valence-electron chi connectivity index (χ0n) is 13.2. The van der Waals surface area contributed by atoms with Gasteiger partial charge in [0.2, 0.25) is 0 Å². The molecule has 3 heteroatoms. The van der Waals surface area contributed by atoms with Crippen molar-refractivity contribution in [3.63, 3.8) is 0 Å². The fourth-order valence-electron chi connectivity index (χ4n) is 1.97. The maximum Gasteiger partial charge on any atom is 0.0963 e. The Balaban J connectivity index is 2.66. The van der Waals surface area contributed by atoms with Gasteiger partial charge in [-0.3, -0.25) is 0 Å². The Labute approximate surface area is 128 Å². The zero-order valence-corrected chi connectivity index (χ0v) is 14.0. The highest BCUT2D eigenvalue weighted by molar-refractivity contribution is 6.31. The molecule has 20 heavy (non-hydrogen) atoms. The summed E-state index contributed by atoms with van der Waals surface area (Å²) in [5.41, 5.74) is 1.15. The first kappa shape index (κ1) is 17.5. The maximum atomic E-state index is 6.30. The number of unbranched alkanes of at least 4 members (excludes halogenated alkanes) is 2. The van der Waals surface area contributed by atoms with Crippen LogP contribution in [0.1, 0.15) is 58.6 Å². The van der Waals surface area contributed by atoms with Crippen LogP contribution in [0.3, 0.4) is 0 Å². The van der Waals surface area contributed by atoms with E-state index in [1.54, 1.807) is 0 Å². The maximum absolute atomic E-state index is 6.30. The molecule has 0 spiro atoms. The van der Waals surface area contributed by atoms with Gasteiger partial charge in [0.1, 0.15) is 0 Å². The number of rotatable bonds is 8. The summed E-state index contributed by atoms with van der Waals surface area (Å²) in [7, 11) is 0. The number of nitrogens with one attached hydrogen (secondary N) is 1. The summed E-state index contributed by atoms with van der Waals surface area (Å²) in [6, 6.07) is 7.95. The van der Waals surface area contributed by atoms with Gasteiger partial charge in [0.05, 0.1) is 6.10 Å². The lowest BCUT2D eigenvalue weighted by Crippen LogP contribution is -2.39. The van der Waals surface area contributed by atoms with E-state index in [0.29, 0.717) is 0 Å². The number of hydrogen-bond donors (Lipinski definition) is 1. The van der Waals surface area contributed by atoms with Crippen molar-refractivity contribution in [1.29, 1.82) is 0 Å². The van der Waals surface area contributed by atoms with Crippen molar-refractivity contribution in [3.8, 4) is 0 Å². The minimum Gasteiger partial charge on any atom is -0.372 e. The molecule has 0 heterocycles. The van der Waals surface area contributed by atoms with Gasteiger partial charge >= 0.3 is 0 Å². The lowest BCUT2D eigenvalue weighted by Gasteiger charge is -2.26. The van der Waals surface area contributed by atoms with Gasteiger partial charge in [0, 0.05) is 29.3 Å². The highest BCUT2D eigenvalue weighted by atomic mass is 35.5. The third-order valence-electron chi connectivity index (χ3n) is 3.14. The Morgan fingerprint density at radius 3 is 2.50 bits per heavy atom. The predicted octanol–water partition coefficient (Wildman–Crippen LogP) is 4.98. The van der Waals surface area contributed by atoms with Crippen LogP contribution < -0.4 is 5.32 Å². The normalized spacial score (nSPS) is 13.4. The Hall–Kier alpha value is -0.570. The molecule has 1 rings (SSSR count). The molecule has 0 aromatic heterocycles. The van der Waals surface area contributed by atoms with E-state index in [-0.39, 0.29) is 11.6 Å². The fourth-order valence-corrected chi connectivity index (χ4v) is 2.23. The van der Waals surface area contributed by atoms with Gasteiger partial charge in [0.15, 0.2) is 0 Å². The van der Waals surface area contributed by atoms with Crippen LogP contribution in [-0.2, 0) is 4.74 Å². The molecule has 0 aliphatic rings. The fraction of sp³-hybridized carbons (Fsp3) is 0.647. The second-order valence-electron chi connectivity index (χ2n) is 6.22. The Morgan fingerprint density at radius 2 is 1.90 bits per heavy atom. The number of hydrogen-bond acceptors (Lipinski definition) is 2. The average molecular weight is 298 g/mol. The molecule has 0 amide bonds. The molecule has 0 aliphatic carbocycles. The molecular weight excluding hydrogens is 270 g/mol. The first-order valence-electron chi connectivity index (χ1n) is 7.55. The molecule has 0 saturated carbocycles. The molecule has 2 nitrogen and oxygen atoms in total. The predicted molar refractivity (Wildman–Crippen MR) is 87.4 cm³/mol. The summed E-state index contributed by atoms with van der Waals surface area (Å²) in [5.74, 6) is 0. The van der Waals surface area contributed by atoms with E-state index < -0.39 is 0 Å². The van der Waals surface area contributed by atoms with Crippen molar-refractivity contribution in [2.24, 2.45) is 0 Å². The minimum atomic E-state index is 0.0137. The van der Waals surface area contributed by atoms with E-state index in [4.69, 9.17) is 16.3 Å². The Morgan fingerprint density at radius 1 is 1.20 bits per heavy atom. The third kappa shape index (κ3) is 6.74. The topological polar surface area (TPSA) is 21.3 Å². The zero-order chi connectivity index (χ0) is 15.0. The van der Waals surface area contributed by atoms with Crippen molar-refractivity contribution in [2.45, 2.75) is 58.6 Å². The first-order valence-corrected chi connectivity index (χ1v) is 7.93. The third-order valence-corrected chi connectivity index (χ3v) is 3.48. The van der Waals surface area contributed by atoms with Crippen LogP contribution in [0, 0.1) is 0 Å². The lowest BCUT2D eigenvalue weighted by molar-refractivity contribution is 0.0459. The summed E-state index contributed by atoms with van der Waals surface area (Å²) >= 11 is 6.30. The van der Waals surface area contributed by atoms with E-state index in [2.05, 4.69) is 39.1 Å². The van der Waals surface area contributed by atoms with Gasteiger partial charge < -0.3 is 10.1 Å². The quantitative estimate of drug-likeness (QED) is 0.684. The van der Waals surface area contributed by atoms with Crippen molar-refractivity contribution in [1.82, 2.24) is 5.32 Å². The molecule has 0 radical (unpaired) electrons. The summed E-state index contributed by atoms with van der Waals surface area (Å²) in [4.78, 5) is 0. The van der Waals surface area contributed by atoms with Crippen LogP contribution in [0.5, 0.6) is 0 Å². The summed E-state index contributed by atoms with van der Waals surface area (Å²) in [6.45, 7) is 10.2. The van der Waals surface area contributed by atoms with Crippen LogP contribution in [0.25, 0.3) is 0 Å². The SMILES string of the molecule is CCCCCOC(CNC(C)(C)C)c1ccccc1Cl. The van der Waals surface area contributed by atoms with E-state index in [1.807, 2.05) is 18.2 Å². The van der Waals surface area contributed by atoms with Gasteiger partial charge in [-0.2, -0.15) is 0 Å². The highest BCUT2D eigenvalue weighted by Crippen LogP contribution is 2.25. The Bertz CT molecular complexity index is 387. The molecule has 114 valence electrons. The molecule has 1 N–H and O–H groups in total. The molecule has 0 fully saturated rings. The van der Waals surface area contributed by atoms with Crippen molar-refractivity contribution in [3.05, 3.63) is 34.9 Å². The van der Waals surface area contributed by atoms with Gasteiger partial charge in [-0.25, -0.2) is 0 Å². The number of benzene rings is 1. The summed E-state index contributed by atoms with van der Waals surface area (Å²) in [6.07, 6.45) is 3.54. The number of ether oxygens (including phenoxy) is 1. The number of halogens is 1. The molecule has 0 aliphatic heterocycles. The molecule has 0 saturated heterocycles. The molecule has 1 unspecified atom stereocenters. The van der Waals surface area contributed by atoms with Gasteiger partial charge in [-0.15, -0.1) is 0 Å². The van der Waals surface area contributed by atoms with E-state index >= 15 is 0 Å². The average Bonchev–Trinajstić information content (AvgIpc) is 2.38. The van der Waals surface area contributed by atoms with E-state index in [0.717, 1.165) is 30.2 Å². The molecule has 1 atom stereocenters. The lowest BCUT2D eigenvalue weighted by atomic mass is 10.1. The van der Waals surface area contributed by atoms with Crippen LogP contribution >= 0.6 is 11.6 Å². The Kier molecular flexibility index (Phi) is 7.57. The van der Waals surface area contributed by atoms with E-state index in [1.165, 1.54) is 12.8 Å². The van der Waals surface area contributed by atoms with E-state index in [9.17, 15) is 0 Å². The minimum absolute atomic E-state index is 0.0137. The molecule has 1 aromatic rings. The van der Waals surface area contributed by atoms with Crippen molar-refractivity contribution < 1.29 is 4.74 Å². The van der Waals surface area contributed by atoms with Crippen molar-refractivity contribution in [2.75, 3.05) is 13.2 Å². The smallest absolute Gasteiger partial charge is 0.0963 e. The monoisotopic (exact) mass is 297 g/mol. The van der Waals surface area contributed by atoms with Crippen molar-refractivity contribution >= 4 is 11.6 Å². The summed E-state index contributed by atoms with van der Waals surface area (Å²) in [5, 5.41) is 4.29. The van der Waals surface area contributed by atoms with Crippen LogP contribution in [0.2, 0.25) is 5.02 Å². The second kappa shape index (κ2) is 8.66. The molecular formula is C17H28ClNO. The van der Waals surface area contributed by atoms with Crippen LogP contribution in [-0.4, -0.2) is 18.7 Å². The van der Waals surface area contributed by atoms with Gasteiger partial charge in [-0.1, -0.05) is 49.6 Å². The first-order chi connectivity index (χ1) is 9.44. The molecule has 1 aromatic carbocycles.